The van der Waals surface area contributed by atoms with Crippen molar-refractivity contribution in [2.24, 2.45) is 0 Å². The van der Waals surface area contributed by atoms with Gasteiger partial charge < -0.3 is 11.1 Å². The van der Waals surface area contributed by atoms with Gasteiger partial charge >= 0.3 is 0 Å². The number of sulfone groups is 2. The molecule has 1 saturated heterocycles. The predicted molar refractivity (Wildman–Crippen MR) is 79.3 cm³/mol. The van der Waals surface area contributed by atoms with Crippen LogP contribution in [0.15, 0.2) is 23.1 Å². The van der Waals surface area contributed by atoms with Crippen molar-refractivity contribution in [3.63, 3.8) is 0 Å². The molecule has 1 fully saturated rings. The van der Waals surface area contributed by atoms with Crippen molar-refractivity contribution in [2.75, 3.05) is 28.8 Å². The van der Waals surface area contributed by atoms with Crippen LogP contribution in [0.1, 0.15) is 12.8 Å². The van der Waals surface area contributed by atoms with Crippen LogP contribution < -0.4 is 11.1 Å². The molecule has 0 saturated carbocycles. The molecule has 0 aliphatic carbocycles. The third-order valence-electron chi connectivity index (χ3n) is 3.37. The maximum absolute atomic E-state index is 11.4. The summed E-state index contributed by atoms with van der Waals surface area (Å²) in [5.74, 6) is 0.345. The first kappa shape index (κ1) is 15.1. The van der Waals surface area contributed by atoms with Crippen molar-refractivity contribution in [3.8, 4) is 0 Å². The zero-order chi connectivity index (χ0) is 15.0. The minimum atomic E-state index is -3.28. The number of anilines is 2. The largest absolute Gasteiger partial charge is 0.397 e. The van der Waals surface area contributed by atoms with Gasteiger partial charge in [0.2, 0.25) is 0 Å². The zero-order valence-corrected chi connectivity index (χ0v) is 12.8. The van der Waals surface area contributed by atoms with E-state index in [9.17, 15) is 16.8 Å². The summed E-state index contributed by atoms with van der Waals surface area (Å²) in [6.45, 7) is 0. The summed E-state index contributed by atoms with van der Waals surface area (Å²) in [5, 5.41) is 3.18. The molecule has 1 aliphatic heterocycles. The smallest absolute Gasteiger partial charge is 0.175 e. The third kappa shape index (κ3) is 3.63. The van der Waals surface area contributed by atoms with Crippen LogP contribution in [0.2, 0.25) is 0 Å². The maximum atomic E-state index is 11.4. The van der Waals surface area contributed by atoms with Crippen LogP contribution >= 0.6 is 0 Å². The Hall–Kier alpha value is -1.28. The molecule has 20 heavy (non-hydrogen) atoms. The van der Waals surface area contributed by atoms with Gasteiger partial charge in [-0.2, -0.15) is 0 Å². The Morgan fingerprint density at radius 2 is 1.85 bits per heavy atom. The van der Waals surface area contributed by atoms with Gasteiger partial charge in [-0.1, -0.05) is 0 Å². The summed E-state index contributed by atoms with van der Waals surface area (Å²) in [6.07, 6.45) is 2.20. The Balaban J connectivity index is 2.12. The van der Waals surface area contributed by atoms with Crippen LogP contribution in [-0.4, -0.2) is 40.6 Å². The molecule has 1 heterocycles. The van der Waals surface area contributed by atoms with Crippen LogP contribution in [0.4, 0.5) is 11.4 Å². The molecule has 0 amide bonds. The molecule has 6 nitrogen and oxygen atoms in total. The first-order chi connectivity index (χ1) is 9.17. The summed E-state index contributed by atoms with van der Waals surface area (Å²) < 4.78 is 45.5. The number of nitrogens with two attached hydrogens (primary N) is 1. The van der Waals surface area contributed by atoms with Gasteiger partial charge in [0.15, 0.2) is 9.84 Å². The monoisotopic (exact) mass is 318 g/mol. The average molecular weight is 318 g/mol. The second-order valence-electron chi connectivity index (χ2n) is 5.09. The molecular formula is C12H18N2O4S2. The van der Waals surface area contributed by atoms with E-state index >= 15 is 0 Å². The van der Waals surface area contributed by atoms with E-state index in [0.29, 0.717) is 24.2 Å². The van der Waals surface area contributed by atoms with E-state index in [0.717, 1.165) is 6.26 Å². The molecule has 0 aromatic heterocycles. The normalized spacial score (nSPS) is 19.6. The van der Waals surface area contributed by atoms with Crippen LogP contribution in [-0.2, 0) is 19.7 Å². The molecule has 1 aliphatic rings. The topological polar surface area (TPSA) is 106 Å². The minimum Gasteiger partial charge on any atom is -0.397 e. The first-order valence-electron chi connectivity index (χ1n) is 6.24. The lowest BCUT2D eigenvalue weighted by atomic mass is 10.1. The van der Waals surface area contributed by atoms with Gasteiger partial charge in [-0.25, -0.2) is 16.8 Å². The summed E-state index contributed by atoms with van der Waals surface area (Å²) in [4.78, 5) is 0.173. The number of rotatable bonds is 3. The fourth-order valence-corrected chi connectivity index (χ4v) is 4.30. The van der Waals surface area contributed by atoms with E-state index in [1.807, 2.05) is 0 Å². The number of nitrogen functional groups attached to an aromatic ring is 1. The fraction of sp³-hybridized carbons (Fsp3) is 0.500. The van der Waals surface area contributed by atoms with E-state index in [-0.39, 0.29) is 22.4 Å². The standard InChI is InChI=1S/C12H18N2O4S2/c1-19(15,16)10-2-3-12(11(13)8-10)14-9-4-6-20(17,18)7-5-9/h2-3,8-9,14H,4-7,13H2,1H3. The van der Waals surface area contributed by atoms with Crippen molar-refractivity contribution in [1.82, 2.24) is 0 Å². The second-order valence-corrected chi connectivity index (χ2v) is 9.41. The molecule has 3 N–H and O–H groups in total. The molecule has 0 unspecified atom stereocenters. The highest BCUT2D eigenvalue weighted by Gasteiger charge is 2.23. The number of hydrogen-bond acceptors (Lipinski definition) is 6. The Kier molecular flexibility index (Phi) is 3.97. The molecule has 1 aromatic rings. The lowest BCUT2D eigenvalue weighted by Gasteiger charge is -2.24. The van der Waals surface area contributed by atoms with E-state index in [1.165, 1.54) is 12.1 Å². The first-order valence-corrected chi connectivity index (χ1v) is 9.95. The Morgan fingerprint density at radius 3 is 2.35 bits per heavy atom. The van der Waals surface area contributed by atoms with Gasteiger partial charge in [-0.3, -0.25) is 0 Å². The highest BCUT2D eigenvalue weighted by Crippen LogP contribution is 2.25. The van der Waals surface area contributed by atoms with Crippen molar-refractivity contribution in [3.05, 3.63) is 18.2 Å². The van der Waals surface area contributed by atoms with Crippen LogP contribution in [0.3, 0.4) is 0 Å². The van der Waals surface area contributed by atoms with Crippen molar-refractivity contribution >= 4 is 31.0 Å². The highest BCUT2D eigenvalue weighted by molar-refractivity contribution is 7.91. The van der Waals surface area contributed by atoms with Gasteiger partial charge in [0, 0.05) is 12.3 Å². The molecular weight excluding hydrogens is 300 g/mol. The minimum absolute atomic E-state index is 0.0462. The summed E-state index contributed by atoms with van der Waals surface area (Å²) in [6, 6.07) is 4.57. The van der Waals surface area contributed by atoms with E-state index in [4.69, 9.17) is 5.73 Å². The Morgan fingerprint density at radius 1 is 1.25 bits per heavy atom. The van der Waals surface area contributed by atoms with E-state index in [2.05, 4.69) is 5.32 Å². The number of nitrogens with one attached hydrogen (secondary N) is 1. The Bertz CT molecular complexity index is 697. The van der Waals surface area contributed by atoms with Gasteiger partial charge in [0.1, 0.15) is 9.84 Å². The number of benzene rings is 1. The predicted octanol–water partition coefficient (Wildman–Crippen LogP) is 0.661. The Labute approximate surface area is 119 Å². The van der Waals surface area contributed by atoms with Gasteiger partial charge in [0.25, 0.3) is 0 Å². The quantitative estimate of drug-likeness (QED) is 0.793. The number of hydrogen-bond donors (Lipinski definition) is 2. The van der Waals surface area contributed by atoms with Crippen molar-refractivity contribution in [1.29, 1.82) is 0 Å². The molecule has 8 heteroatoms. The molecule has 2 rings (SSSR count). The lowest BCUT2D eigenvalue weighted by molar-refractivity contribution is 0.559. The van der Waals surface area contributed by atoms with Gasteiger partial charge in [0.05, 0.1) is 27.8 Å². The van der Waals surface area contributed by atoms with Crippen LogP contribution in [0.25, 0.3) is 0 Å². The summed E-state index contributed by atoms with van der Waals surface area (Å²) in [5.41, 5.74) is 6.83. The second kappa shape index (κ2) is 5.25. The zero-order valence-electron chi connectivity index (χ0n) is 11.2. The maximum Gasteiger partial charge on any atom is 0.175 e. The van der Waals surface area contributed by atoms with E-state index in [1.54, 1.807) is 6.07 Å². The van der Waals surface area contributed by atoms with E-state index < -0.39 is 19.7 Å². The molecule has 0 radical (unpaired) electrons. The van der Waals surface area contributed by atoms with Gasteiger partial charge in [-0.15, -0.1) is 0 Å². The molecule has 0 bridgehead atoms. The van der Waals surface area contributed by atoms with Crippen LogP contribution in [0, 0.1) is 0 Å². The SMILES string of the molecule is CS(=O)(=O)c1ccc(NC2CCS(=O)(=O)CC2)c(N)c1. The fourth-order valence-electron chi connectivity index (χ4n) is 2.16. The summed E-state index contributed by atoms with van der Waals surface area (Å²) >= 11 is 0. The third-order valence-corrected chi connectivity index (χ3v) is 6.19. The molecule has 112 valence electrons. The average Bonchev–Trinajstić information content (AvgIpc) is 2.33. The van der Waals surface area contributed by atoms with Crippen molar-refractivity contribution in [2.45, 2.75) is 23.8 Å². The van der Waals surface area contributed by atoms with Crippen molar-refractivity contribution < 1.29 is 16.8 Å². The summed E-state index contributed by atoms with van der Waals surface area (Å²) in [7, 11) is -6.17. The van der Waals surface area contributed by atoms with Crippen LogP contribution in [0.5, 0.6) is 0 Å². The molecule has 0 spiro atoms. The lowest BCUT2D eigenvalue weighted by Crippen LogP contribution is -2.32. The molecule has 1 aromatic carbocycles. The molecule has 0 atom stereocenters. The van der Waals surface area contributed by atoms with Gasteiger partial charge in [-0.05, 0) is 31.0 Å². The highest BCUT2D eigenvalue weighted by atomic mass is 32.2.